The summed E-state index contributed by atoms with van der Waals surface area (Å²) in [7, 11) is 1.60. The Morgan fingerprint density at radius 3 is 2.48 bits per heavy atom. The number of carbonyl (C=O) groups is 2. The van der Waals surface area contributed by atoms with Crippen LogP contribution in [0.25, 0.3) is 6.08 Å². The molecule has 8 heteroatoms. The Kier molecular flexibility index (Phi) is 11.7. The molecule has 7 nitrogen and oxygen atoms in total. The molecule has 1 saturated carbocycles. The maximum absolute atomic E-state index is 12.2. The number of carboxylic acid groups (broad SMARTS) is 1. The number of nitrogens with zero attached hydrogens (tertiary/aromatic N) is 1. The standard InChI is InChI=1S/C25H36N2O5.Na.H/c1-18-3-7-21(8-4-18)26-24(28)10-6-19-5-9-22(23(17-19)31-2)32-16-15-27-13-11-20(12-14-27)25(29)30;;/h5-6,9-10,17-18,20-21H,3-4,7-8,11-16H2,1-2H3,(H,26,28)(H,29,30);;/q;+1;-1. The van der Waals surface area contributed by atoms with Gasteiger partial charge in [-0.25, -0.2) is 0 Å². The van der Waals surface area contributed by atoms with Crippen LogP contribution in [0.2, 0.25) is 0 Å². The number of carboxylic acids is 1. The van der Waals surface area contributed by atoms with Gasteiger partial charge >= 0.3 is 35.5 Å². The zero-order chi connectivity index (χ0) is 22.9. The number of nitrogens with one attached hydrogen (secondary N) is 1. The van der Waals surface area contributed by atoms with Crippen LogP contribution in [0.4, 0.5) is 0 Å². The van der Waals surface area contributed by atoms with Crippen LogP contribution in [0.1, 0.15) is 52.4 Å². The first kappa shape index (κ1) is 27.7. The van der Waals surface area contributed by atoms with Gasteiger partial charge in [0, 0.05) is 18.7 Å². The summed E-state index contributed by atoms with van der Waals surface area (Å²) in [5.74, 6) is 1.07. The van der Waals surface area contributed by atoms with E-state index in [0.29, 0.717) is 30.9 Å². The van der Waals surface area contributed by atoms with Crippen molar-refractivity contribution < 1.29 is 55.2 Å². The minimum atomic E-state index is -0.694. The Morgan fingerprint density at radius 1 is 1.15 bits per heavy atom. The van der Waals surface area contributed by atoms with Crippen LogP contribution in [0.5, 0.6) is 11.5 Å². The second kappa shape index (κ2) is 14.0. The fraction of sp³-hybridized carbons (Fsp3) is 0.600. The van der Waals surface area contributed by atoms with E-state index in [9.17, 15) is 9.59 Å². The Morgan fingerprint density at radius 2 is 1.85 bits per heavy atom. The Bertz CT molecular complexity index is 806. The number of hydrogen-bond acceptors (Lipinski definition) is 5. The maximum atomic E-state index is 12.2. The predicted molar refractivity (Wildman–Crippen MR) is 125 cm³/mol. The van der Waals surface area contributed by atoms with Gasteiger partial charge in [-0.15, -0.1) is 0 Å². The molecule has 0 spiro atoms. The molecule has 2 fully saturated rings. The zero-order valence-corrected chi connectivity index (χ0v) is 22.2. The van der Waals surface area contributed by atoms with Gasteiger partial charge in [-0.2, -0.15) is 0 Å². The molecule has 2 N–H and O–H groups in total. The van der Waals surface area contributed by atoms with E-state index < -0.39 is 5.97 Å². The molecule has 0 radical (unpaired) electrons. The van der Waals surface area contributed by atoms with Crippen LogP contribution >= 0.6 is 0 Å². The van der Waals surface area contributed by atoms with E-state index in [-0.39, 0.29) is 48.9 Å². The van der Waals surface area contributed by atoms with Gasteiger partial charge in [0.1, 0.15) is 6.61 Å². The number of carbonyl (C=O) groups excluding carboxylic acids is 1. The fourth-order valence-electron chi connectivity index (χ4n) is 4.42. The number of benzene rings is 1. The van der Waals surface area contributed by atoms with E-state index in [0.717, 1.165) is 44.0 Å². The first-order valence-corrected chi connectivity index (χ1v) is 11.7. The van der Waals surface area contributed by atoms with Crippen LogP contribution in [0.3, 0.4) is 0 Å². The van der Waals surface area contributed by atoms with E-state index >= 15 is 0 Å². The van der Waals surface area contributed by atoms with Crippen molar-refractivity contribution in [3.05, 3.63) is 29.8 Å². The number of piperidine rings is 1. The van der Waals surface area contributed by atoms with Crippen LogP contribution in [-0.2, 0) is 9.59 Å². The Labute approximate surface area is 220 Å². The van der Waals surface area contributed by atoms with Gasteiger partial charge in [-0.3, -0.25) is 14.5 Å². The van der Waals surface area contributed by atoms with Crippen molar-refractivity contribution in [2.75, 3.05) is 33.4 Å². The van der Waals surface area contributed by atoms with Gasteiger partial charge in [-0.05, 0) is 81.3 Å². The van der Waals surface area contributed by atoms with Crippen LogP contribution in [-0.4, -0.2) is 61.3 Å². The number of rotatable bonds is 9. The normalized spacial score (nSPS) is 21.9. The van der Waals surface area contributed by atoms with Crippen LogP contribution < -0.4 is 44.3 Å². The molecule has 0 atom stereocenters. The molecule has 1 aliphatic carbocycles. The third kappa shape index (κ3) is 8.96. The van der Waals surface area contributed by atoms with E-state index in [1.165, 1.54) is 12.8 Å². The second-order valence-corrected chi connectivity index (χ2v) is 9.01. The summed E-state index contributed by atoms with van der Waals surface area (Å²) in [5, 5.41) is 12.2. The third-order valence-corrected chi connectivity index (χ3v) is 6.58. The SMILES string of the molecule is COc1cc(C=CC(=O)NC2CCC(C)CC2)ccc1OCCN1CCC(C(=O)O)CC1.[H-].[Na+]. The van der Waals surface area contributed by atoms with E-state index in [1.807, 2.05) is 18.2 Å². The van der Waals surface area contributed by atoms with Crippen molar-refractivity contribution in [2.24, 2.45) is 11.8 Å². The van der Waals surface area contributed by atoms with Gasteiger partial charge in [-0.1, -0.05) is 13.0 Å². The first-order chi connectivity index (χ1) is 15.4. The summed E-state index contributed by atoms with van der Waals surface area (Å²) in [5.41, 5.74) is 0.873. The zero-order valence-electron chi connectivity index (χ0n) is 21.2. The van der Waals surface area contributed by atoms with Crippen molar-refractivity contribution in [1.82, 2.24) is 10.2 Å². The van der Waals surface area contributed by atoms with E-state index in [1.54, 1.807) is 19.3 Å². The van der Waals surface area contributed by atoms with Crippen molar-refractivity contribution in [3.63, 3.8) is 0 Å². The summed E-state index contributed by atoms with van der Waals surface area (Å²) in [4.78, 5) is 25.5. The van der Waals surface area contributed by atoms with E-state index in [4.69, 9.17) is 14.6 Å². The average molecular weight is 469 g/mol. The topological polar surface area (TPSA) is 88.1 Å². The van der Waals surface area contributed by atoms with Gasteiger partial charge in [0.05, 0.1) is 13.0 Å². The average Bonchev–Trinajstić information content (AvgIpc) is 2.80. The molecule has 0 bridgehead atoms. The predicted octanol–water partition coefficient (Wildman–Crippen LogP) is 0.695. The summed E-state index contributed by atoms with van der Waals surface area (Å²) < 4.78 is 11.4. The molecule has 33 heavy (non-hydrogen) atoms. The molecule has 1 aromatic carbocycles. The summed E-state index contributed by atoms with van der Waals surface area (Å²) in [6.45, 7) is 5.08. The molecule has 1 aromatic rings. The Balaban J connectivity index is 0.00000289. The first-order valence-electron chi connectivity index (χ1n) is 11.7. The number of likely N-dealkylation sites (tertiary alicyclic amines) is 1. The quantitative estimate of drug-likeness (QED) is 0.410. The molecule has 1 saturated heterocycles. The Hall–Kier alpha value is -1.54. The van der Waals surface area contributed by atoms with Crippen LogP contribution in [0, 0.1) is 11.8 Å². The number of ether oxygens (including phenoxy) is 2. The second-order valence-electron chi connectivity index (χ2n) is 9.01. The van der Waals surface area contributed by atoms with Gasteiger partial charge in [0.15, 0.2) is 11.5 Å². The molecule has 1 heterocycles. The van der Waals surface area contributed by atoms with Crippen molar-refractivity contribution in [2.45, 2.75) is 51.5 Å². The molecular weight excluding hydrogens is 431 g/mol. The number of amides is 1. The van der Waals surface area contributed by atoms with Gasteiger partial charge in [0.25, 0.3) is 0 Å². The fourth-order valence-corrected chi connectivity index (χ4v) is 4.42. The van der Waals surface area contributed by atoms with Crippen molar-refractivity contribution in [3.8, 4) is 11.5 Å². The van der Waals surface area contributed by atoms with Crippen LogP contribution in [0.15, 0.2) is 24.3 Å². The largest absolute Gasteiger partial charge is 1.00 e. The summed E-state index contributed by atoms with van der Waals surface area (Å²) >= 11 is 0. The van der Waals surface area contributed by atoms with Gasteiger partial charge in [0.2, 0.25) is 5.91 Å². The van der Waals surface area contributed by atoms with E-state index in [2.05, 4.69) is 17.1 Å². The molecule has 1 amide bonds. The number of aliphatic carboxylic acids is 1. The molecule has 0 unspecified atom stereocenters. The molecule has 3 rings (SSSR count). The summed E-state index contributed by atoms with van der Waals surface area (Å²) in [6.07, 6.45) is 9.20. The molecular formula is C25H37N2NaO5. The smallest absolute Gasteiger partial charge is 1.00 e. The van der Waals surface area contributed by atoms with Gasteiger partial charge < -0.3 is 21.3 Å². The number of methoxy groups -OCH3 is 1. The molecule has 178 valence electrons. The molecule has 0 aromatic heterocycles. The van der Waals surface area contributed by atoms with Crippen molar-refractivity contribution >= 4 is 18.0 Å². The van der Waals surface area contributed by atoms with Crippen molar-refractivity contribution in [1.29, 1.82) is 0 Å². The maximum Gasteiger partial charge on any atom is 1.00 e. The monoisotopic (exact) mass is 468 g/mol. The molecule has 2 aliphatic rings. The third-order valence-electron chi connectivity index (χ3n) is 6.58. The minimum Gasteiger partial charge on any atom is -1.00 e. The molecule has 1 aliphatic heterocycles. The minimum absolute atomic E-state index is 0. The number of hydrogen-bond donors (Lipinski definition) is 2. The summed E-state index contributed by atoms with van der Waals surface area (Å²) in [6, 6.07) is 5.90.